The largest absolute Gasteiger partial charge is 0.330 e. The van der Waals surface area contributed by atoms with Crippen LogP contribution in [0.2, 0.25) is 0 Å². The van der Waals surface area contributed by atoms with Crippen molar-refractivity contribution >= 4 is 0 Å². The Kier molecular flexibility index (Phi) is 4.37. The summed E-state index contributed by atoms with van der Waals surface area (Å²) < 4.78 is 0. The van der Waals surface area contributed by atoms with Crippen molar-refractivity contribution in [1.29, 1.82) is 0 Å². The number of nitrogens with two attached hydrogens (primary N) is 1. The molecule has 1 aliphatic rings. The Morgan fingerprint density at radius 3 is 3.00 bits per heavy atom. The highest BCUT2D eigenvalue weighted by Crippen LogP contribution is 2.31. The fourth-order valence-electron chi connectivity index (χ4n) is 2.11. The van der Waals surface area contributed by atoms with Crippen LogP contribution in [-0.4, -0.2) is 6.54 Å². The molecule has 12 heavy (non-hydrogen) atoms. The second-order valence-corrected chi connectivity index (χ2v) is 3.71. The van der Waals surface area contributed by atoms with Crippen molar-refractivity contribution in [2.45, 2.75) is 45.4 Å². The molecule has 1 heteroatoms. The lowest BCUT2D eigenvalue weighted by Crippen LogP contribution is -2.09. The predicted octanol–water partition coefficient (Wildman–Crippen LogP) is 2.86. The Labute approximate surface area is 76.0 Å². The first-order valence-corrected chi connectivity index (χ1v) is 5.27. The van der Waals surface area contributed by atoms with Crippen LogP contribution in [0.15, 0.2) is 11.6 Å². The van der Waals surface area contributed by atoms with Crippen molar-refractivity contribution in [3.63, 3.8) is 0 Å². The first kappa shape index (κ1) is 9.79. The number of rotatable bonds is 3. The van der Waals surface area contributed by atoms with E-state index in [1.165, 1.54) is 32.1 Å². The Morgan fingerprint density at radius 1 is 1.50 bits per heavy atom. The van der Waals surface area contributed by atoms with Crippen molar-refractivity contribution in [2.75, 3.05) is 6.54 Å². The molecule has 0 bridgehead atoms. The van der Waals surface area contributed by atoms with E-state index in [0.29, 0.717) is 0 Å². The first-order valence-electron chi connectivity index (χ1n) is 5.27. The molecule has 2 N–H and O–H groups in total. The number of hydrogen-bond donors (Lipinski definition) is 1. The van der Waals surface area contributed by atoms with Crippen LogP contribution in [0.3, 0.4) is 0 Å². The van der Waals surface area contributed by atoms with Crippen molar-refractivity contribution < 1.29 is 0 Å². The normalized spacial score (nSPS) is 27.8. The highest BCUT2D eigenvalue weighted by molar-refractivity contribution is 5.08. The third kappa shape index (κ3) is 2.63. The summed E-state index contributed by atoms with van der Waals surface area (Å²) in [4.78, 5) is 0. The smallest absolute Gasteiger partial charge is 0.00425 e. The molecule has 1 fully saturated rings. The van der Waals surface area contributed by atoms with Crippen LogP contribution in [0, 0.1) is 5.92 Å². The molecule has 70 valence electrons. The SMILES string of the molecule is CCC1CCCC/C1=C\CCN. The van der Waals surface area contributed by atoms with Gasteiger partial charge in [0.05, 0.1) is 0 Å². The van der Waals surface area contributed by atoms with Crippen LogP contribution in [-0.2, 0) is 0 Å². The van der Waals surface area contributed by atoms with Crippen molar-refractivity contribution in [3.8, 4) is 0 Å². The van der Waals surface area contributed by atoms with Gasteiger partial charge in [0.1, 0.15) is 0 Å². The van der Waals surface area contributed by atoms with Gasteiger partial charge >= 0.3 is 0 Å². The molecule has 0 heterocycles. The maximum Gasteiger partial charge on any atom is -0.00425 e. The highest BCUT2D eigenvalue weighted by atomic mass is 14.5. The average molecular weight is 167 g/mol. The number of allylic oxidation sites excluding steroid dienone is 1. The van der Waals surface area contributed by atoms with Crippen LogP contribution in [0.25, 0.3) is 0 Å². The summed E-state index contributed by atoms with van der Waals surface area (Å²) in [5.74, 6) is 0.880. The van der Waals surface area contributed by atoms with E-state index in [1.807, 2.05) is 0 Å². The Balaban J connectivity index is 2.46. The summed E-state index contributed by atoms with van der Waals surface area (Å²) >= 11 is 0. The maximum absolute atomic E-state index is 5.49. The van der Waals surface area contributed by atoms with Gasteiger partial charge in [0, 0.05) is 0 Å². The number of hydrogen-bond acceptors (Lipinski definition) is 1. The molecular weight excluding hydrogens is 146 g/mol. The van der Waals surface area contributed by atoms with Crippen molar-refractivity contribution in [2.24, 2.45) is 11.7 Å². The minimum absolute atomic E-state index is 0.805. The lowest BCUT2D eigenvalue weighted by atomic mass is 9.82. The maximum atomic E-state index is 5.49. The van der Waals surface area contributed by atoms with E-state index in [9.17, 15) is 0 Å². The lowest BCUT2D eigenvalue weighted by molar-refractivity contribution is 0.440. The molecule has 0 aromatic carbocycles. The molecule has 1 unspecified atom stereocenters. The lowest BCUT2D eigenvalue weighted by Gasteiger charge is -2.24. The fourth-order valence-corrected chi connectivity index (χ4v) is 2.11. The van der Waals surface area contributed by atoms with Gasteiger partial charge in [-0.1, -0.05) is 25.0 Å². The molecule has 1 atom stereocenters. The first-order chi connectivity index (χ1) is 5.88. The van der Waals surface area contributed by atoms with Gasteiger partial charge in [-0.2, -0.15) is 0 Å². The van der Waals surface area contributed by atoms with Crippen molar-refractivity contribution in [3.05, 3.63) is 11.6 Å². The van der Waals surface area contributed by atoms with Gasteiger partial charge in [0.25, 0.3) is 0 Å². The molecular formula is C11H21N. The summed E-state index contributed by atoms with van der Waals surface area (Å²) in [6, 6.07) is 0. The summed E-state index contributed by atoms with van der Waals surface area (Å²) in [7, 11) is 0. The quantitative estimate of drug-likeness (QED) is 0.643. The zero-order valence-corrected chi connectivity index (χ0v) is 8.18. The summed E-state index contributed by atoms with van der Waals surface area (Å²) in [6.07, 6.45) is 10.3. The third-order valence-corrected chi connectivity index (χ3v) is 2.86. The molecule has 1 rings (SSSR count). The van der Waals surface area contributed by atoms with Gasteiger partial charge in [-0.25, -0.2) is 0 Å². The van der Waals surface area contributed by atoms with Crippen molar-refractivity contribution in [1.82, 2.24) is 0 Å². The van der Waals surface area contributed by atoms with Gasteiger partial charge in [0.2, 0.25) is 0 Å². The van der Waals surface area contributed by atoms with E-state index >= 15 is 0 Å². The summed E-state index contributed by atoms with van der Waals surface area (Å²) in [5, 5.41) is 0. The molecule has 0 aromatic rings. The van der Waals surface area contributed by atoms with E-state index in [1.54, 1.807) is 5.57 Å². The van der Waals surface area contributed by atoms with E-state index in [0.717, 1.165) is 18.9 Å². The zero-order chi connectivity index (χ0) is 8.81. The van der Waals surface area contributed by atoms with Crippen LogP contribution < -0.4 is 5.73 Å². The molecule has 0 spiro atoms. The van der Waals surface area contributed by atoms with Crippen LogP contribution in [0.4, 0.5) is 0 Å². The fraction of sp³-hybridized carbons (Fsp3) is 0.818. The predicted molar refractivity (Wildman–Crippen MR) is 54.0 cm³/mol. The molecule has 0 amide bonds. The van der Waals surface area contributed by atoms with Crippen LogP contribution in [0.5, 0.6) is 0 Å². The van der Waals surface area contributed by atoms with E-state index in [-0.39, 0.29) is 0 Å². The van der Waals surface area contributed by atoms with E-state index in [4.69, 9.17) is 5.73 Å². The Morgan fingerprint density at radius 2 is 2.33 bits per heavy atom. The van der Waals surface area contributed by atoms with Crippen LogP contribution in [0.1, 0.15) is 45.4 Å². The average Bonchev–Trinajstić information content (AvgIpc) is 2.15. The van der Waals surface area contributed by atoms with Gasteiger partial charge in [-0.05, 0) is 44.6 Å². The monoisotopic (exact) mass is 167 g/mol. The topological polar surface area (TPSA) is 26.0 Å². The minimum atomic E-state index is 0.805. The van der Waals surface area contributed by atoms with Gasteiger partial charge in [0.15, 0.2) is 0 Å². The highest BCUT2D eigenvalue weighted by Gasteiger charge is 2.15. The van der Waals surface area contributed by atoms with Crippen LogP contribution >= 0.6 is 0 Å². The van der Waals surface area contributed by atoms with E-state index < -0.39 is 0 Å². The second kappa shape index (κ2) is 5.36. The molecule has 1 nitrogen and oxygen atoms in total. The molecule has 1 saturated carbocycles. The van der Waals surface area contributed by atoms with E-state index in [2.05, 4.69) is 13.0 Å². The molecule has 1 aliphatic carbocycles. The van der Waals surface area contributed by atoms with Gasteiger partial charge in [-0.3, -0.25) is 0 Å². The summed E-state index contributed by atoms with van der Waals surface area (Å²) in [6.45, 7) is 3.10. The standard InChI is InChI=1S/C11H21N/c1-2-10-6-3-4-7-11(10)8-5-9-12/h8,10H,2-7,9,12H2,1H3/b11-8+. The van der Waals surface area contributed by atoms with Gasteiger partial charge in [-0.15, -0.1) is 0 Å². The van der Waals surface area contributed by atoms with Gasteiger partial charge < -0.3 is 5.73 Å². The third-order valence-electron chi connectivity index (χ3n) is 2.86. The summed E-state index contributed by atoms with van der Waals surface area (Å²) in [5.41, 5.74) is 7.18. The molecule has 0 aromatic heterocycles. The molecule has 0 aliphatic heterocycles. The zero-order valence-electron chi connectivity index (χ0n) is 8.18. The molecule has 0 radical (unpaired) electrons. The Hall–Kier alpha value is -0.300. The Bertz CT molecular complexity index is 149. The molecule has 0 saturated heterocycles. The second-order valence-electron chi connectivity index (χ2n) is 3.71. The minimum Gasteiger partial charge on any atom is -0.330 e.